The molecule has 132 valence electrons. The highest BCUT2D eigenvalue weighted by molar-refractivity contribution is 8.02. The van der Waals surface area contributed by atoms with Gasteiger partial charge in [0.2, 0.25) is 0 Å². The van der Waals surface area contributed by atoms with E-state index in [9.17, 15) is 18.0 Å². The van der Waals surface area contributed by atoms with E-state index in [2.05, 4.69) is 5.32 Å². The molecule has 1 atom stereocenters. The Hall–Kier alpha value is -0.960. The number of hydrogen-bond donors (Lipinski definition) is 1. The number of hydrogen-bond acceptors (Lipinski definition) is 6. The predicted octanol–water partition coefficient (Wildman–Crippen LogP) is 2.40. The molecule has 24 heavy (non-hydrogen) atoms. The molecule has 0 radical (unpaired) electrons. The van der Waals surface area contributed by atoms with E-state index in [0.29, 0.717) is 6.42 Å². The zero-order valence-electron chi connectivity index (χ0n) is 12.5. The fraction of sp³-hybridized carbons (Fsp3) is 0.429. The Kier molecular flexibility index (Phi) is 6.79. The van der Waals surface area contributed by atoms with Gasteiger partial charge in [0.15, 0.2) is 16.4 Å². The van der Waals surface area contributed by atoms with Crippen molar-refractivity contribution in [3.05, 3.63) is 28.2 Å². The molecule has 6 nitrogen and oxygen atoms in total. The van der Waals surface area contributed by atoms with Crippen molar-refractivity contribution in [3.8, 4) is 0 Å². The number of amides is 1. The van der Waals surface area contributed by atoms with Crippen LogP contribution in [0.5, 0.6) is 0 Å². The van der Waals surface area contributed by atoms with Crippen molar-refractivity contribution in [1.29, 1.82) is 0 Å². The zero-order valence-corrected chi connectivity index (χ0v) is 15.6. The third kappa shape index (κ3) is 5.84. The van der Waals surface area contributed by atoms with Crippen molar-refractivity contribution in [3.63, 3.8) is 0 Å². The summed E-state index contributed by atoms with van der Waals surface area (Å²) in [5, 5.41) is 2.93. The van der Waals surface area contributed by atoms with Crippen LogP contribution in [0.25, 0.3) is 0 Å². The lowest BCUT2D eigenvalue weighted by Gasteiger charge is -2.10. The molecule has 1 aromatic rings. The lowest BCUT2D eigenvalue weighted by Crippen LogP contribution is -2.22. The summed E-state index contributed by atoms with van der Waals surface area (Å²) in [6.07, 6.45) is 0.534. The number of carbonyl (C=O) groups is 2. The quantitative estimate of drug-likeness (QED) is 0.722. The standard InChI is InChI=1S/C14H15Cl2NO5S2/c15-10-2-1-3-11(16)14(10)17-12(18)6-22-13(19)7-23-9-4-5-24(20,21)8-9/h1-3,9H,4-8H2,(H,17,18)/t9-/m1/s1. The molecule has 0 aliphatic carbocycles. The summed E-state index contributed by atoms with van der Waals surface area (Å²) >= 11 is 13.1. The van der Waals surface area contributed by atoms with Gasteiger partial charge in [-0.3, -0.25) is 9.59 Å². The maximum absolute atomic E-state index is 11.8. The monoisotopic (exact) mass is 411 g/mol. The highest BCUT2D eigenvalue weighted by Gasteiger charge is 2.28. The maximum atomic E-state index is 11.8. The first kappa shape index (κ1) is 19.4. The van der Waals surface area contributed by atoms with Crippen LogP contribution in [-0.2, 0) is 24.2 Å². The van der Waals surface area contributed by atoms with Crippen LogP contribution in [0.15, 0.2) is 18.2 Å². The number of ether oxygens (including phenoxy) is 1. The molecule has 0 spiro atoms. The number of sulfone groups is 1. The van der Waals surface area contributed by atoms with E-state index in [1.165, 1.54) is 11.8 Å². The van der Waals surface area contributed by atoms with E-state index in [0.717, 1.165) is 0 Å². The van der Waals surface area contributed by atoms with E-state index in [1.807, 2.05) is 0 Å². The van der Waals surface area contributed by atoms with Gasteiger partial charge < -0.3 is 10.1 Å². The number of benzene rings is 1. The van der Waals surface area contributed by atoms with Crippen molar-refractivity contribution in [1.82, 2.24) is 0 Å². The van der Waals surface area contributed by atoms with Gasteiger partial charge in [-0.1, -0.05) is 29.3 Å². The van der Waals surface area contributed by atoms with Crippen molar-refractivity contribution >= 4 is 62.4 Å². The van der Waals surface area contributed by atoms with Crippen LogP contribution >= 0.6 is 35.0 Å². The molecule has 1 amide bonds. The third-order valence-corrected chi connectivity index (χ3v) is 7.10. The molecule has 0 saturated carbocycles. The van der Waals surface area contributed by atoms with Gasteiger partial charge in [-0.2, -0.15) is 0 Å². The summed E-state index contributed by atoms with van der Waals surface area (Å²) in [4.78, 5) is 23.4. The summed E-state index contributed by atoms with van der Waals surface area (Å²) in [6.45, 7) is -0.468. The van der Waals surface area contributed by atoms with Crippen LogP contribution in [0.4, 0.5) is 5.69 Å². The number of para-hydroxylation sites is 1. The Morgan fingerprint density at radius 2 is 1.96 bits per heavy atom. The maximum Gasteiger partial charge on any atom is 0.316 e. The van der Waals surface area contributed by atoms with Gasteiger partial charge in [0, 0.05) is 5.25 Å². The van der Waals surface area contributed by atoms with Crippen LogP contribution in [0.1, 0.15) is 6.42 Å². The Labute approximate surface area is 154 Å². The van der Waals surface area contributed by atoms with E-state index in [4.69, 9.17) is 27.9 Å². The lowest BCUT2D eigenvalue weighted by atomic mass is 10.3. The smallest absolute Gasteiger partial charge is 0.316 e. The first-order valence-electron chi connectivity index (χ1n) is 6.98. The molecule has 1 saturated heterocycles. The van der Waals surface area contributed by atoms with Gasteiger partial charge in [-0.15, -0.1) is 11.8 Å². The minimum atomic E-state index is -2.97. The lowest BCUT2D eigenvalue weighted by molar-refractivity contribution is -0.144. The number of carbonyl (C=O) groups excluding carboxylic acids is 2. The third-order valence-electron chi connectivity index (χ3n) is 3.22. The minimum absolute atomic E-state index is 0.000313. The Morgan fingerprint density at radius 1 is 1.29 bits per heavy atom. The van der Waals surface area contributed by atoms with Gasteiger partial charge in [0.25, 0.3) is 5.91 Å². The van der Waals surface area contributed by atoms with Crippen LogP contribution in [0, 0.1) is 0 Å². The second kappa shape index (κ2) is 8.42. The molecule has 1 N–H and O–H groups in total. The summed E-state index contributed by atoms with van der Waals surface area (Å²) in [5.41, 5.74) is 0.257. The summed E-state index contributed by atoms with van der Waals surface area (Å²) < 4.78 is 27.5. The average Bonchev–Trinajstić information content (AvgIpc) is 2.86. The molecule has 2 rings (SSSR count). The van der Waals surface area contributed by atoms with E-state index < -0.39 is 28.3 Å². The number of halogens is 2. The molecule has 1 heterocycles. The first-order valence-corrected chi connectivity index (χ1v) is 10.6. The largest absolute Gasteiger partial charge is 0.455 e. The summed E-state index contributed by atoms with van der Waals surface area (Å²) in [7, 11) is -2.97. The van der Waals surface area contributed by atoms with E-state index in [1.54, 1.807) is 18.2 Å². The number of nitrogens with one attached hydrogen (secondary N) is 1. The molecule has 1 aliphatic rings. The second-order valence-electron chi connectivity index (χ2n) is 5.14. The SMILES string of the molecule is O=C(COC(=O)CS[C@@H]1CCS(=O)(=O)C1)Nc1c(Cl)cccc1Cl. The van der Waals surface area contributed by atoms with Gasteiger partial charge in [-0.05, 0) is 18.6 Å². The molecular formula is C14H15Cl2NO5S2. The highest BCUT2D eigenvalue weighted by atomic mass is 35.5. The topological polar surface area (TPSA) is 89.5 Å². The molecule has 1 aromatic carbocycles. The van der Waals surface area contributed by atoms with Crippen LogP contribution in [0.3, 0.4) is 0 Å². The van der Waals surface area contributed by atoms with Crippen molar-refractivity contribution in [2.75, 3.05) is 29.2 Å². The average molecular weight is 412 g/mol. The molecule has 0 bridgehead atoms. The molecule has 0 unspecified atom stereocenters. The fourth-order valence-electron chi connectivity index (χ4n) is 2.06. The highest BCUT2D eigenvalue weighted by Crippen LogP contribution is 2.29. The minimum Gasteiger partial charge on any atom is -0.455 e. The van der Waals surface area contributed by atoms with E-state index in [-0.39, 0.29) is 38.2 Å². The Morgan fingerprint density at radius 3 is 2.54 bits per heavy atom. The van der Waals surface area contributed by atoms with Gasteiger partial charge >= 0.3 is 5.97 Å². The van der Waals surface area contributed by atoms with Crippen molar-refractivity contribution < 1.29 is 22.7 Å². The van der Waals surface area contributed by atoms with Gasteiger partial charge in [0.1, 0.15) is 0 Å². The van der Waals surface area contributed by atoms with Crippen LogP contribution in [0.2, 0.25) is 10.0 Å². The summed E-state index contributed by atoms with van der Waals surface area (Å²) in [6, 6.07) is 4.78. The normalized spacial score (nSPS) is 19.0. The van der Waals surface area contributed by atoms with Crippen LogP contribution < -0.4 is 5.32 Å². The van der Waals surface area contributed by atoms with Crippen molar-refractivity contribution in [2.45, 2.75) is 11.7 Å². The van der Waals surface area contributed by atoms with Crippen molar-refractivity contribution in [2.24, 2.45) is 0 Å². The first-order chi connectivity index (χ1) is 11.3. The molecule has 1 fully saturated rings. The second-order valence-corrected chi connectivity index (χ2v) is 9.47. The molecular weight excluding hydrogens is 397 g/mol. The van der Waals surface area contributed by atoms with Gasteiger partial charge in [0.05, 0.1) is 33.0 Å². The Balaban J connectivity index is 1.73. The predicted molar refractivity (Wildman–Crippen MR) is 95.6 cm³/mol. The molecule has 10 heteroatoms. The molecule has 0 aromatic heterocycles. The number of esters is 1. The molecule has 1 aliphatic heterocycles. The Bertz CT molecular complexity index is 718. The zero-order chi connectivity index (χ0) is 17.7. The summed E-state index contributed by atoms with van der Waals surface area (Å²) in [5.74, 6) is -0.909. The van der Waals surface area contributed by atoms with Gasteiger partial charge in [-0.25, -0.2) is 8.42 Å². The number of thioether (sulfide) groups is 1. The van der Waals surface area contributed by atoms with E-state index >= 15 is 0 Å². The van der Waals surface area contributed by atoms with Crippen LogP contribution in [-0.4, -0.2) is 49.4 Å². The fourth-order valence-corrected chi connectivity index (χ4v) is 5.99. The number of anilines is 1. The number of rotatable bonds is 6.